The van der Waals surface area contributed by atoms with E-state index in [0.717, 1.165) is 46.0 Å². The lowest BCUT2D eigenvalue weighted by Gasteiger charge is -2.28. The van der Waals surface area contributed by atoms with Crippen molar-refractivity contribution in [3.8, 4) is 11.3 Å². The second kappa shape index (κ2) is 7.86. The van der Waals surface area contributed by atoms with Crippen molar-refractivity contribution in [3.05, 3.63) is 65.7 Å². The minimum Gasteiger partial charge on any atom is -0.349 e. The number of carbonyl (C=O) groups excluding carboxylic acids is 1. The van der Waals surface area contributed by atoms with Gasteiger partial charge in [-0.3, -0.25) is 4.79 Å². The number of rotatable bonds is 5. The molecule has 4 atom stereocenters. The summed E-state index contributed by atoms with van der Waals surface area (Å²) in [6.45, 7) is 4.35. The number of nitrogens with one attached hydrogen (secondary N) is 1. The van der Waals surface area contributed by atoms with E-state index in [1.54, 1.807) is 0 Å². The van der Waals surface area contributed by atoms with Crippen LogP contribution in [0.1, 0.15) is 55.5 Å². The molecule has 30 heavy (non-hydrogen) atoms. The molecule has 3 aromatic rings. The predicted molar refractivity (Wildman–Crippen MR) is 122 cm³/mol. The van der Waals surface area contributed by atoms with Crippen LogP contribution in [0.3, 0.4) is 0 Å². The van der Waals surface area contributed by atoms with Gasteiger partial charge in [-0.1, -0.05) is 55.8 Å². The Morgan fingerprint density at radius 3 is 2.60 bits per heavy atom. The van der Waals surface area contributed by atoms with Crippen LogP contribution < -0.4 is 5.32 Å². The molecule has 0 spiro atoms. The first-order chi connectivity index (χ1) is 14.6. The molecule has 1 aromatic heterocycles. The van der Waals surface area contributed by atoms with E-state index in [1.165, 1.54) is 31.2 Å². The number of carbonyl (C=O) groups is 1. The topological polar surface area (TPSA) is 42.0 Å². The molecular weight excluding hydrogens is 368 g/mol. The lowest BCUT2D eigenvalue weighted by Crippen LogP contribution is -2.40. The quantitative estimate of drug-likeness (QED) is 0.571. The molecule has 0 radical (unpaired) electrons. The average Bonchev–Trinajstić information content (AvgIpc) is 3.42. The molecule has 2 saturated carbocycles. The number of aromatic nitrogens is 1. The highest BCUT2D eigenvalue weighted by Crippen LogP contribution is 2.49. The minimum absolute atomic E-state index is 0.0234. The first-order valence-electron chi connectivity index (χ1n) is 11.4. The van der Waals surface area contributed by atoms with Crippen LogP contribution in [0.5, 0.6) is 0 Å². The summed E-state index contributed by atoms with van der Waals surface area (Å²) >= 11 is 0. The van der Waals surface area contributed by atoms with Crippen LogP contribution in [0.4, 0.5) is 0 Å². The molecule has 1 amide bonds. The van der Waals surface area contributed by atoms with Gasteiger partial charge in [0.1, 0.15) is 0 Å². The van der Waals surface area contributed by atoms with E-state index in [2.05, 4.69) is 43.4 Å². The summed E-state index contributed by atoms with van der Waals surface area (Å²) in [5.41, 5.74) is 4.80. The Morgan fingerprint density at radius 2 is 1.90 bits per heavy atom. The maximum atomic E-state index is 13.4. The van der Waals surface area contributed by atoms with E-state index in [0.29, 0.717) is 5.92 Å². The third-order valence-corrected chi connectivity index (χ3v) is 7.41. The van der Waals surface area contributed by atoms with Crippen LogP contribution in [-0.2, 0) is 6.42 Å². The zero-order valence-corrected chi connectivity index (χ0v) is 17.9. The van der Waals surface area contributed by atoms with Crippen molar-refractivity contribution in [1.29, 1.82) is 0 Å². The molecule has 1 N–H and O–H groups in total. The van der Waals surface area contributed by atoms with Crippen molar-refractivity contribution in [2.24, 2.45) is 17.8 Å². The van der Waals surface area contributed by atoms with Gasteiger partial charge in [-0.05, 0) is 68.1 Å². The largest absolute Gasteiger partial charge is 0.349 e. The van der Waals surface area contributed by atoms with Crippen molar-refractivity contribution >= 4 is 16.8 Å². The second-order valence-electron chi connectivity index (χ2n) is 9.22. The summed E-state index contributed by atoms with van der Waals surface area (Å²) in [7, 11) is 0. The number of pyridine rings is 1. The van der Waals surface area contributed by atoms with Gasteiger partial charge in [0.25, 0.3) is 5.91 Å². The molecule has 2 aromatic carbocycles. The molecule has 2 aliphatic rings. The van der Waals surface area contributed by atoms with Gasteiger partial charge < -0.3 is 5.32 Å². The molecule has 3 heteroatoms. The zero-order chi connectivity index (χ0) is 20.7. The van der Waals surface area contributed by atoms with E-state index in [-0.39, 0.29) is 11.9 Å². The minimum atomic E-state index is 0.0234. The van der Waals surface area contributed by atoms with Gasteiger partial charge in [0.2, 0.25) is 0 Å². The van der Waals surface area contributed by atoms with E-state index < -0.39 is 0 Å². The van der Waals surface area contributed by atoms with Gasteiger partial charge in [0.05, 0.1) is 16.8 Å². The third-order valence-electron chi connectivity index (χ3n) is 7.41. The molecule has 0 aliphatic heterocycles. The fraction of sp³-hybridized carbons (Fsp3) is 0.407. The summed E-state index contributed by atoms with van der Waals surface area (Å²) in [4.78, 5) is 18.2. The smallest absolute Gasteiger partial charge is 0.252 e. The summed E-state index contributed by atoms with van der Waals surface area (Å²) in [5, 5.41) is 4.27. The SMILES string of the molecule is CCc1ccc(-c2cc(C(=O)N[C@H](C)[C@@H]3C[C@H]4CC[C@H]3C4)c3ccccc3n2)cc1. The highest BCUT2D eigenvalue weighted by molar-refractivity contribution is 6.07. The zero-order valence-electron chi connectivity index (χ0n) is 17.9. The Balaban J connectivity index is 1.46. The molecule has 1 heterocycles. The number of para-hydroxylation sites is 1. The highest BCUT2D eigenvalue weighted by atomic mass is 16.1. The Hall–Kier alpha value is -2.68. The first-order valence-corrected chi connectivity index (χ1v) is 11.4. The second-order valence-corrected chi connectivity index (χ2v) is 9.22. The molecule has 0 saturated heterocycles. The lowest BCUT2D eigenvalue weighted by molar-refractivity contribution is 0.0917. The number of benzene rings is 2. The van der Waals surface area contributed by atoms with Gasteiger partial charge in [-0.15, -0.1) is 0 Å². The molecule has 3 nitrogen and oxygen atoms in total. The summed E-state index contributed by atoms with van der Waals surface area (Å²) < 4.78 is 0. The van der Waals surface area contributed by atoms with Crippen molar-refractivity contribution in [3.63, 3.8) is 0 Å². The van der Waals surface area contributed by atoms with E-state index >= 15 is 0 Å². The maximum Gasteiger partial charge on any atom is 0.252 e. The normalized spacial score (nSPS) is 23.6. The first kappa shape index (κ1) is 19.3. The van der Waals surface area contributed by atoms with Crippen LogP contribution in [-0.4, -0.2) is 16.9 Å². The van der Waals surface area contributed by atoms with Crippen LogP contribution in [0.2, 0.25) is 0 Å². The van der Waals surface area contributed by atoms with E-state index in [9.17, 15) is 4.79 Å². The monoisotopic (exact) mass is 398 g/mol. The summed E-state index contributed by atoms with van der Waals surface area (Å²) in [5.74, 6) is 2.34. The maximum absolute atomic E-state index is 13.4. The Labute approximate surface area is 178 Å². The molecule has 154 valence electrons. The van der Waals surface area contributed by atoms with Crippen LogP contribution in [0.15, 0.2) is 54.6 Å². The Kier molecular flexibility index (Phi) is 5.06. The summed E-state index contributed by atoms with van der Waals surface area (Å²) in [6, 6.07) is 18.6. The van der Waals surface area contributed by atoms with Crippen LogP contribution >= 0.6 is 0 Å². The predicted octanol–water partition coefficient (Wildman–Crippen LogP) is 6.02. The van der Waals surface area contributed by atoms with Crippen LogP contribution in [0, 0.1) is 17.8 Å². The Morgan fingerprint density at radius 1 is 1.10 bits per heavy atom. The lowest BCUT2D eigenvalue weighted by atomic mass is 9.84. The summed E-state index contributed by atoms with van der Waals surface area (Å²) in [6.07, 6.45) is 6.38. The standard InChI is InChI=1S/C27H30N2O/c1-3-18-8-11-20(12-9-18)26-16-24(22-6-4-5-7-25(22)29-26)27(30)28-17(2)23-15-19-10-13-21(23)14-19/h4-9,11-12,16-17,19,21,23H,3,10,13-15H2,1-2H3,(H,28,30)/t17-,19+,21+,23+/m1/s1. The number of nitrogens with zero attached hydrogens (tertiary/aromatic N) is 1. The van der Waals surface area contributed by atoms with Crippen molar-refractivity contribution < 1.29 is 4.79 Å². The van der Waals surface area contributed by atoms with Gasteiger partial charge >= 0.3 is 0 Å². The Bertz CT molecular complexity index is 1070. The molecular formula is C27H30N2O. The number of amides is 1. The van der Waals surface area contributed by atoms with Gasteiger partial charge in [0, 0.05) is 17.0 Å². The average molecular weight is 399 g/mol. The van der Waals surface area contributed by atoms with Crippen molar-refractivity contribution in [1.82, 2.24) is 10.3 Å². The number of hydrogen-bond acceptors (Lipinski definition) is 2. The number of fused-ring (bicyclic) bond motifs is 3. The fourth-order valence-corrected chi connectivity index (χ4v) is 5.72. The molecule has 2 aliphatic carbocycles. The fourth-order valence-electron chi connectivity index (χ4n) is 5.72. The molecule has 2 bridgehead atoms. The highest BCUT2D eigenvalue weighted by Gasteiger charge is 2.42. The molecule has 5 rings (SSSR count). The van der Waals surface area contributed by atoms with Crippen LogP contribution in [0.25, 0.3) is 22.2 Å². The van der Waals surface area contributed by atoms with Gasteiger partial charge in [0.15, 0.2) is 0 Å². The van der Waals surface area contributed by atoms with E-state index in [1.807, 2.05) is 30.3 Å². The van der Waals surface area contributed by atoms with Gasteiger partial charge in [-0.2, -0.15) is 0 Å². The van der Waals surface area contributed by atoms with Crippen molar-refractivity contribution in [2.75, 3.05) is 0 Å². The van der Waals surface area contributed by atoms with Gasteiger partial charge in [-0.25, -0.2) is 4.98 Å². The number of hydrogen-bond donors (Lipinski definition) is 1. The molecule has 0 unspecified atom stereocenters. The molecule has 2 fully saturated rings. The van der Waals surface area contributed by atoms with Crippen molar-refractivity contribution in [2.45, 2.75) is 52.0 Å². The number of aryl methyl sites for hydroxylation is 1. The van der Waals surface area contributed by atoms with E-state index in [4.69, 9.17) is 4.98 Å². The third kappa shape index (κ3) is 3.51.